The highest BCUT2D eigenvalue weighted by atomic mass is 32.2. The van der Waals surface area contributed by atoms with Crippen molar-refractivity contribution in [3.05, 3.63) is 103 Å². The lowest BCUT2D eigenvalue weighted by atomic mass is 10.2. The van der Waals surface area contributed by atoms with Gasteiger partial charge in [0.25, 0.3) is 10.1 Å². The van der Waals surface area contributed by atoms with Gasteiger partial charge in [0.1, 0.15) is 12.4 Å². The summed E-state index contributed by atoms with van der Waals surface area (Å²) in [5.41, 5.74) is 2.25. The fourth-order valence-electron chi connectivity index (χ4n) is 3.49. The first-order valence-corrected chi connectivity index (χ1v) is 13.6. The molecule has 0 spiro atoms. The average Bonchev–Trinajstić information content (AvgIpc) is 2.95. The molecule has 0 aliphatic rings. The van der Waals surface area contributed by atoms with E-state index in [-0.39, 0.29) is 42.4 Å². The number of benzene rings is 3. The molecule has 0 saturated carbocycles. The second kappa shape index (κ2) is 13.5. The number of nitrogens with zero attached hydrogens (tertiary/aromatic N) is 2. The summed E-state index contributed by atoms with van der Waals surface area (Å²) in [6, 6.07) is 19.5. The van der Waals surface area contributed by atoms with E-state index in [0.29, 0.717) is 28.4 Å². The molecule has 41 heavy (non-hydrogen) atoms. The van der Waals surface area contributed by atoms with Gasteiger partial charge in [0.05, 0.1) is 24.3 Å². The van der Waals surface area contributed by atoms with E-state index in [0.717, 1.165) is 12.3 Å². The van der Waals surface area contributed by atoms with Crippen LogP contribution in [0.5, 0.6) is 5.75 Å². The minimum absolute atomic E-state index is 0.0561. The van der Waals surface area contributed by atoms with Crippen molar-refractivity contribution in [1.29, 1.82) is 0 Å². The van der Waals surface area contributed by atoms with Crippen LogP contribution in [0.2, 0.25) is 0 Å². The van der Waals surface area contributed by atoms with Crippen molar-refractivity contribution in [1.82, 2.24) is 9.97 Å². The van der Waals surface area contributed by atoms with Crippen LogP contribution in [0.15, 0.2) is 96.5 Å². The molecule has 13 heteroatoms. The Morgan fingerprint density at radius 1 is 0.976 bits per heavy atom. The van der Waals surface area contributed by atoms with Crippen LogP contribution < -0.4 is 20.7 Å². The average molecular weight is 580 g/mol. The standard InChI is InChI=1S/C28H26FN5O6S/c1-2-26(35)31-21-6-4-7-22(16-21)32-27-25(29)17-30-28(34-27)33-20-9-11-23(12-10-20)40-14-13-39-18-19-5-3-8-24(15-19)41(36,37)38/h2-12,15-17H,1,13-14,18H2,(H,31,35)(H,36,37,38)(H2,30,32,33,34). The number of hydrogen-bond acceptors (Lipinski definition) is 9. The first kappa shape index (κ1) is 29.1. The largest absolute Gasteiger partial charge is 0.491 e. The first-order chi connectivity index (χ1) is 19.7. The number of anilines is 5. The zero-order chi connectivity index (χ0) is 29.2. The van der Waals surface area contributed by atoms with E-state index in [9.17, 15) is 17.6 Å². The summed E-state index contributed by atoms with van der Waals surface area (Å²) < 4.78 is 57.2. The zero-order valence-corrected chi connectivity index (χ0v) is 22.4. The quantitative estimate of drug-likeness (QED) is 0.0960. The Morgan fingerprint density at radius 3 is 2.49 bits per heavy atom. The number of ether oxygens (including phenoxy) is 2. The molecule has 4 rings (SSSR count). The van der Waals surface area contributed by atoms with Gasteiger partial charge in [-0.05, 0) is 66.2 Å². The van der Waals surface area contributed by atoms with Crippen LogP contribution in [0.4, 0.5) is 33.2 Å². The maximum Gasteiger partial charge on any atom is 0.294 e. The van der Waals surface area contributed by atoms with Crippen molar-refractivity contribution in [3.8, 4) is 5.75 Å². The van der Waals surface area contributed by atoms with Gasteiger partial charge in [-0.3, -0.25) is 9.35 Å². The molecular formula is C28H26FN5O6S. The number of halogens is 1. The second-order valence-corrected chi connectivity index (χ2v) is 9.88. The molecule has 11 nitrogen and oxygen atoms in total. The molecule has 0 unspecified atom stereocenters. The molecule has 4 N–H and O–H groups in total. The van der Waals surface area contributed by atoms with Crippen molar-refractivity contribution in [3.63, 3.8) is 0 Å². The van der Waals surface area contributed by atoms with Gasteiger partial charge in [-0.2, -0.15) is 13.4 Å². The Kier molecular flexibility index (Phi) is 9.58. The minimum Gasteiger partial charge on any atom is -0.491 e. The van der Waals surface area contributed by atoms with E-state index in [4.69, 9.17) is 14.0 Å². The molecule has 212 valence electrons. The van der Waals surface area contributed by atoms with Crippen LogP contribution in [0.3, 0.4) is 0 Å². The van der Waals surface area contributed by atoms with Gasteiger partial charge in [0.2, 0.25) is 11.9 Å². The molecule has 0 saturated heterocycles. The monoisotopic (exact) mass is 579 g/mol. The Balaban J connectivity index is 1.27. The van der Waals surface area contributed by atoms with Gasteiger partial charge in [-0.25, -0.2) is 9.37 Å². The summed E-state index contributed by atoms with van der Waals surface area (Å²) in [6.45, 7) is 4.06. The van der Waals surface area contributed by atoms with Crippen LogP contribution in [0.25, 0.3) is 0 Å². The smallest absolute Gasteiger partial charge is 0.294 e. The minimum atomic E-state index is -4.27. The molecule has 1 amide bonds. The van der Waals surface area contributed by atoms with E-state index >= 15 is 0 Å². The summed E-state index contributed by atoms with van der Waals surface area (Å²) in [4.78, 5) is 19.5. The van der Waals surface area contributed by atoms with Crippen molar-refractivity contribution in [2.24, 2.45) is 0 Å². The van der Waals surface area contributed by atoms with E-state index in [1.807, 2.05) is 0 Å². The summed E-state index contributed by atoms with van der Waals surface area (Å²) in [7, 11) is -4.27. The summed E-state index contributed by atoms with van der Waals surface area (Å²) in [5, 5.41) is 8.51. The van der Waals surface area contributed by atoms with Crippen LogP contribution >= 0.6 is 0 Å². The highest BCUT2D eigenvalue weighted by Gasteiger charge is 2.10. The molecule has 0 aliphatic heterocycles. The van der Waals surface area contributed by atoms with Gasteiger partial charge in [-0.1, -0.05) is 24.8 Å². The van der Waals surface area contributed by atoms with E-state index in [1.54, 1.807) is 54.6 Å². The van der Waals surface area contributed by atoms with Crippen molar-refractivity contribution in [2.75, 3.05) is 29.2 Å². The fourth-order valence-corrected chi connectivity index (χ4v) is 4.04. The fraction of sp³-hybridized carbons (Fsp3) is 0.107. The topological polar surface area (TPSA) is 152 Å². The second-order valence-electron chi connectivity index (χ2n) is 8.46. The number of amides is 1. The van der Waals surface area contributed by atoms with Gasteiger partial charge >= 0.3 is 0 Å². The lowest BCUT2D eigenvalue weighted by Gasteiger charge is -2.11. The molecule has 0 atom stereocenters. The number of hydrogen-bond donors (Lipinski definition) is 4. The third kappa shape index (κ3) is 8.83. The third-order valence-corrected chi connectivity index (χ3v) is 6.24. The number of aromatic nitrogens is 2. The first-order valence-electron chi connectivity index (χ1n) is 12.2. The number of rotatable bonds is 13. The molecule has 0 radical (unpaired) electrons. The van der Waals surface area contributed by atoms with Gasteiger partial charge in [-0.15, -0.1) is 0 Å². The molecule has 1 aromatic heterocycles. The highest BCUT2D eigenvalue weighted by molar-refractivity contribution is 7.85. The maximum atomic E-state index is 14.4. The van der Waals surface area contributed by atoms with Crippen LogP contribution in [-0.4, -0.2) is 42.1 Å². The van der Waals surface area contributed by atoms with E-state index in [2.05, 4.69) is 32.5 Å². The maximum absolute atomic E-state index is 14.4. The van der Waals surface area contributed by atoms with Gasteiger partial charge < -0.3 is 25.4 Å². The molecule has 3 aromatic carbocycles. The predicted molar refractivity (Wildman–Crippen MR) is 152 cm³/mol. The highest BCUT2D eigenvalue weighted by Crippen LogP contribution is 2.23. The third-order valence-electron chi connectivity index (χ3n) is 5.39. The number of carbonyl (C=O) groups is 1. The van der Waals surface area contributed by atoms with Crippen LogP contribution in [0, 0.1) is 5.82 Å². The SMILES string of the molecule is C=CC(=O)Nc1cccc(Nc2nc(Nc3ccc(OCCOCc4cccc(S(=O)(=O)O)c4)cc3)ncc2F)c1. The Labute approximate surface area is 235 Å². The normalized spacial score (nSPS) is 11.0. The predicted octanol–water partition coefficient (Wildman–Crippen LogP) is 5.07. The van der Waals surface area contributed by atoms with E-state index in [1.165, 1.54) is 18.2 Å². The van der Waals surface area contributed by atoms with Crippen LogP contribution in [0.1, 0.15) is 5.56 Å². The molecule has 0 fully saturated rings. The number of carbonyl (C=O) groups excluding carboxylic acids is 1. The molecule has 0 aliphatic carbocycles. The zero-order valence-electron chi connectivity index (χ0n) is 21.6. The van der Waals surface area contributed by atoms with Crippen molar-refractivity contribution in [2.45, 2.75) is 11.5 Å². The summed E-state index contributed by atoms with van der Waals surface area (Å²) in [5.74, 6) is -0.343. The van der Waals surface area contributed by atoms with Gasteiger partial charge in [0.15, 0.2) is 11.6 Å². The van der Waals surface area contributed by atoms with Crippen molar-refractivity contribution < 1.29 is 31.6 Å². The number of nitrogens with one attached hydrogen (secondary N) is 3. The Hall–Kier alpha value is -4.85. The Bertz CT molecular complexity index is 1630. The van der Waals surface area contributed by atoms with E-state index < -0.39 is 15.9 Å². The lowest BCUT2D eigenvalue weighted by molar-refractivity contribution is -0.111. The van der Waals surface area contributed by atoms with Crippen LogP contribution in [-0.2, 0) is 26.3 Å². The van der Waals surface area contributed by atoms with Crippen molar-refractivity contribution >= 4 is 44.9 Å². The van der Waals surface area contributed by atoms with Gasteiger partial charge in [0, 0.05) is 17.1 Å². The molecular weight excluding hydrogens is 553 g/mol. The lowest BCUT2D eigenvalue weighted by Crippen LogP contribution is -2.08. The molecule has 4 aromatic rings. The summed E-state index contributed by atoms with van der Waals surface area (Å²) >= 11 is 0. The molecule has 1 heterocycles. The molecule has 0 bridgehead atoms. The Morgan fingerprint density at radius 2 is 1.73 bits per heavy atom. The summed E-state index contributed by atoms with van der Waals surface area (Å²) in [6.07, 6.45) is 2.19.